The van der Waals surface area contributed by atoms with Gasteiger partial charge in [-0.3, -0.25) is 0 Å². The van der Waals surface area contributed by atoms with E-state index < -0.39 is 0 Å². The highest BCUT2D eigenvalue weighted by Crippen LogP contribution is 2.30. The molecular weight excluding hydrogens is 243 g/mol. The summed E-state index contributed by atoms with van der Waals surface area (Å²) in [5.41, 5.74) is 1.14. The second-order valence-corrected chi connectivity index (χ2v) is 5.47. The average Bonchev–Trinajstić information content (AvgIpc) is 2.22. The Morgan fingerprint density at radius 1 is 1.25 bits per heavy atom. The van der Waals surface area contributed by atoms with Crippen LogP contribution in [0.1, 0.15) is 31.2 Å². The Kier molecular flexibility index (Phi) is 4.12. The molecule has 0 aromatic heterocycles. The maximum atomic E-state index is 9.62. The first-order valence-corrected chi connectivity index (χ1v) is 6.52. The molecule has 1 aromatic rings. The lowest BCUT2D eigenvalue weighted by atomic mass is 9.83. The summed E-state index contributed by atoms with van der Waals surface area (Å²) in [4.78, 5) is 0. The fraction of sp³-hybridized carbons (Fsp3) is 0.538. The van der Waals surface area contributed by atoms with Crippen LogP contribution in [0.25, 0.3) is 0 Å². The zero-order valence-electron chi connectivity index (χ0n) is 9.13. The van der Waals surface area contributed by atoms with Crippen LogP contribution in [0.3, 0.4) is 0 Å². The van der Waals surface area contributed by atoms with E-state index in [1.165, 1.54) is 6.42 Å². The lowest BCUT2D eigenvalue weighted by molar-refractivity contribution is 0.101. The third-order valence-corrected chi connectivity index (χ3v) is 3.87. The molecule has 0 spiro atoms. The molecule has 1 aromatic carbocycles. The fourth-order valence-corrected chi connectivity index (χ4v) is 2.93. The minimum atomic E-state index is -0.121. The topological polar surface area (TPSA) is 20.2 Å². The molecule has 1 nitrogen and oxygen atoms in total. The van der Waals surface area contributed by atoms with E-state index in [9.17, 15) is 5.11 Å². The van der Waals surface area contributed by atoms with Crippen molar-refractivity contribution in [3.8, 4) is 0 Å². The van der Waals surface area contributed by atoms with Gasteiger partial charge in [-0.05, 0) is 49.3 Å². The smallest absolute Gasteiger partial charge is 0.0543 e. The highest BCUT2D eigenvalue weighted by Gasteiger charge is 2.20. The first kappa shape index (κ1) is 12.2. The molecule has 16 heavy (non-hydrogen) atoms. The van der Waals surface area contributed by atoms with Crippen molar-refractivity contribution in [3.63, 3.8) is 0 Å². The Bertz CT molecular complexity index is 365. The monoisotopic (exact) mass is 258 g/mol. The van der Waals surface area contributed by atoms with Gasteiger partial charge in [0.15, 0.2) is 0 Å². The molecule has 0 saturated heterocycles. The normalized spacial score (nSPS) is 25.7. The van der Waals surface area contributed by atoms with Gasteiger partial charge in [-0.25, -0.2) is 0 Å². The van der Waals surface area contributed by atoms with Crippen molar-refractivity contribution in [1.29, 1.82) is 0 Å². The molecule has 1 fully saturated rings. The van der Waals surface area contributed by atoms with E-state index >= 15 is 0 Å². The molecule has 1 aliphatic carbocycles. The van der Waals surface area contributed by atoms with Crippen LogP contribution in [-0.4, -0.2) is 11.2 Å². The number of benzene rings is 1. The summed E-state index contributed by atoms with van der Waals surface area (Å²) in [6.07, 6.45) is 4.99. The van der Waals surface area contributed by atoms with Gasteiger partial charge in [0.25, 0.3) is 0 Å². The predicted octanol–water partition coefficient (Wildman–Crippen LogP) is 4.09. The molecule has 1 aliphatic rings. The predicted molar refractivity (Wildman–Crippen MR) is 68.1 cm³/mol. The van der Waals surface area contributed by atoms with Gasteiger partial charge in [0, 0.05) is 10.0 Å². The van der Waals surface area contributed by atoms with Gasteiger partial charge in [-0.2, -0.15) is 0 Å². The second kappa shape index (κ2) is 5.39. The van der Waals surface area contributed by atoms with Gasteiger partial charge in [-0.15, -0.1) is 0 Å². The zero-order chi connectivity index (χ0) is 11.5. The molecule has 0 heterocycles. The molecule has 2 unspecified atom stereocenters. The summed E-state index contributed by atoms with van der Waals surface area (Å²) in [5.74, 6) is 0.558. The van der Waals surface area contributed by atoms with E-state index in [1.807, 2.05) is 12.1 Å². The summed E-state index contributed by atoms with van der Waals surface area (Å²) in [6.45, 7) is 0. The van der Waals surface area contributed by atoms with Crippen LogP contribution >= 0.6 is 23.2 Å². The molecule has 0 bridgehead atoms. The largest absolute Gasteiger partial charge is 0.393 e. The zero-order valence-corrected chi connectivity index (χ0v) is 10.6. The molecule has 88 valence electrons. The van der Waals surface area contributed by atoms with Crippen LogP contribution in [0.2, 0.25) is 10.0 Å². The Morgan fingerprint density at radius 2 is 2.06 bits per heavy atom. The third-order valence-electron chi connectivity index (χ3n) is 3.28. The van der Waals surface area contributed by atoms with Gasteiger partial charge in [0.05, 0.1) is 6.10 Å². The highest BCUT2D eigenvalue weighted by atomic mass is 35.5. The van der Waals surface area contributed by atoms with Crippen LogP contribution in [0.15, 0.2) is 18.2 Å². The molecule has 2 atom stereocenters. The number of hydrogen-bond acceptors (Lipinski definition) is 1. The van der Waals surface area contributed by atoms with E-state index in [-0.39, 0.29) is 6.10 Å². The first-order chi connectivity index (χ1) is 7.65. The summed E-state index contributed by atoms with van der Waals surface area (Å²) in [6, 6.07) is 5.66. The van der Waals surface area contributed by atoms with Crippen LogP contribution < -0.4 is 0 Å². The van der Waals surface area contributed by atoms with Crippen LogP contribution in [0, 0.1) is 5.92 Å². The molecule has 1 N–H and O–H groups in total. The van der Waals surface area contributed by atoms with Crippen molar-refractivity contribution in [2.24, 2.45) is 5.92 Å². The summed E-state index contributed by atoms with van der Waals surface area (Å²) in [7, 11) is 0. The van der Waals surface area contributed by atoms with Gasteiger partial charge in [-0.1, -0.05) is 35.7 Å². The first-order valence-electron chi connectivity index (χ1n) is 5.77. The molecule has 3 heteroatoms. The molecule has 2 rings (SSSR count). The number of hydrogen-bond donors (Lipinski definition) is 1. The fourth-order valence-electron chi connectivity index (χ4n) is 2.45. The van der Waals surface area contributed by atoms with Crippen molar-refractivity contribution in [2.45, 2.75) is 38.2 Å². The van der Waals surface area contributed by atoms with E-state index in [0.717, 1.165) is 36.3 Å². The van der Waals surface area contributed by atoms with E-state index in [0.29, 0.717) is 10.9 Å². The maximum Gasteiger partial charge on any atom is 0.0543 e. The highest BCUT2D eigenvalue weighted by molar-refractivity contribution is 6.35. The van der Waals surface area contributed by atoms with Gasteiger partial charge in [0.1, 0.15) is 0 Å². The van der Waals surface area contributed by atoms with E-state index in [4.69, 9.17) is 23.2 Å². The van der Waals surface area contributed by atoms with Crippen molar-refractivity contribution in [3.05, 3.63) is 33.8 Å². The van der Waals surface area contributed by atoms with Gasteiger partial charge in [0.2, 0.25) is 0 Å². The molecule has 1 saturated carbocycles. The third kappa shape index (κ3) is 3.13. The van der Waals surface area contributed by atoms with E-state index in [1.54, 1.807) is 6.07 Å². The lowest BCUT2D eigenvalue weighted by Crippen LogP contribution is -2.21. The van der Waals surface area contributed by atoms with Crippen molar-refractivity contribution in [1.82, 2.24) is 0 Å². The van der Waals surface area contributed by atoms with Crippen molar-refractivity contribution in [2.75, 3.05) is 0 Å². The minimum Gasteiger partial charge on any atom is -0.393 e. The average molecular weight is 259 g/mol. The van der Waals surface area contributed by atoms with Crippen LogP contribution in [-0.2, 0) is 6.42 Å². The second-order valence-electron chi connectivity index (χ2n) is 4.63. The van der Waals surface area contributed by atoms with E-state index in [2.05, 4.69) is 0 Å². The summed E-state index contributed by atoms with van der Waals surface area (Å²) in [5, 5.41) is 11.0. The summed E-state index contributed by atoms with van der Waals surface area (Å²) < 4.78 is 0. The summed E-state index contributed by atoms with van der Waals surface area (Å²) >= 11 is 12.0. The van der Waals surface area contributed by atoms with Gasteiger partial charge >= 0.3 is 0 Å². The maximum absolute atomic E-state index is 9.62. The van der Waals surface area contributed by atoms with Gasteiger partial charge < -0.3 is 5.11 Å². The Morgan fingerprint density at radius 3 is 2.75 bits per heavy atom. The minimum absolute atomic E-state index is 0.121. The molecule has 0 radical (unpaired) electrons. The van der Waals surface area contributed by atoms with Crippen molar-refractivity contribution < 1.29 is 5.11 Å². The Hall–Kier alpha value is -0.240. The number of aliphatic hydroxyl groups is 1. The van der Waals surface area contributed by atoms with Crippen LogP contribution in [0.4, 0.5) is 0 Å². The number of rotatable bonds is 2. The number of halogens is 2. The Balaban J connectivity index is 2.02. The standard InChI is InChI=1S/C13H16Cl2O/c14-11-5-4-10(13(15)8-11)6-9-2-1-3-12(16)7-9/h4-5,8-9,12,16H,1-3,6-7H2. The van der Waals surface area contributed by atoms with Crippen molar-refractivity contribution >= 4 is 23.2 Å². The number of aliphatic hydroxyl groups excluding tert-OH is 1. The molecule has 0 aliphatic heterocycles. The SMILES string of the molecule is OC1CCCC(Cc2ccc(Cl)cc2Cl)C1. The Labute approximate surface area is 106 Å². The lowest BCUT2D eigenvalue weighted by Gasteiger charge is -2.26. The molecule has 0 amide bonds. The van der Waals surface area contributed by atoms with Crippen LogP contribution in [0.5, 0.6) is 0 Å². The molecular formula is C13H16Cl2O. The quantitative estimate of drug-likeness (QED) is 0.848.